The summed E-state index contributed by atoms with van der Waals surface area (Å²) < 4.78 is 39.6. The number of alkyl halides is 3. The van der Waals surface area contributed by atoms with Crippen molar-refractivity contribution in [2.24, 2.45) is 56.2 Å². The van der Waals surface area contributed by atoms with E-state index in [-0.39, 0.29) is 57.5 Å². The van der Waals surface area contributed by atoms with E-state index in [1.807, 2.05) is 19.9 Å². The molecule has 8 atom stereocenters. The summed E-state index contributed by atoms with van der Waals surface area (Å²) in [6.07, 6.45) is 1.01. The van der Waals surface area contributed by atoms with Gasteiger partial charge in [0.1, 0.15) is 11.6 Å². The van der Waals surface area contributed by atoms with Crippen molar-refractivity contribution in [3.05, 3.63) is 23.2 Å². The Kier molecular flexibility index (Phi) is 6.71. The van der Waals surface area contributed by atoms with E-state index in [0.29, 0.717) is 32.1 Å². The van der Waals surface area contributed by atoms with Gasteiger partial charge in [0.25, 0.3) is 0 Å². The van der Waals surface area contributed by atoms with Gasteiger partial charge in [-0.3, -0.25) is 9.59 Å². The number of allylic oxidation sites excluding steroid dienone is 2. The first-order valence-corrected chi connectivity index (χ1v) is 15.5. The Labute approximate surface area is 243 Å². The Hall–Kier alpha value is -1.97. The van der Waals surface area contributed by atoms with Gasteiger partial charge in [-0.1, -0.05) is 54.5 Å². The lowest BCUT2D eigenvalue weighted by Gasteiger charge is -2.72. The van der Waals surface area contributed by atoms with Crippen LogP contribution in [0.5, 0.6) is 0 Å². The van der Waals surface area contributed by atoms with E-state index in [1.54, 1.807) is 0 Å². The van der Waals surface area contributed by atoms with E-state index < -0.39 is 40.7 Å². The molecule has 7 heteroatoms. The van der Waals surface area contributed by atoms with E-state index in [1.165, 1.54) is 0 Å². The summed E-state index contributed by atoms with van der Waals surface area (Å²) in [6, 6.07) is 0. The van der Waals surface area contributed by atoms with Crippen LogP contribution in [0.25, 0.3) is 4.85 Å². The molecule has 4 nitrogen and oxygen atoms in total. The summed E-state index contributed by atoms with van der Waals surface area (Å²) in [5, 5.41) is 0. The Morgan fingerprint density at radius 1 is 0.951 bits per heavy atom. The lowest BCUT2D eigenvalue weighted by atomic mass is 9.31. The zero-order valence-corrected chi connectivity index (χ0v) is 25.8. The number of hydrogen-bond donors (Lipinski definition) is 0. The van der Waals surface area contributed by atoms with Crippen LogP contribution in [0, 0.1) is 62.7 Å². The number of halogens is 3. The van der Waals surface area contributed by atoms with Gasteiger partial charge in [-0.2, -0.15) is 13.2 Å². The van der Waals surface area contributed by atoms with Crippen LogP contribution in [0.3, 0.4) is 0 Å². The minimum Gasteiger partial charge on any atom is -0.307 e. The van der Waals surface area contributed by atoms with E-state index in [0.717, 1.165) is 19.3 Å². The quantitative estimate of drug-likeness (QED) is 0.318. The average Bonchev–Trinajstić information content (AvgIpc) is 2.85. The predicted octanol–water partition coefficient (Wildman–Crippen LogP) is 8.55. The lowest BCUT2D eigenvalue weighted by molar-refractivity contribution is -0.222. The second kappa shape index (κ2) is 9.02. The van der Waals surface area contributed by atoms with Crippen LogP contribution in [-0.2, 0) is 14.4 Å². The molecule has 4 fully saturated rings. The summed E-state index contributed by atoms with van der Waals surface area (Å²) in [5.41, 5.74) is -2.71. The molecule has 0 aromatic carbocycles. The molecule has 0 spiro atoms. The molecule has 41 heavy (non-hydrogen) atoms. The summed E-state index contributed by atoms with van der Waals surface area (Å²) in [7, 11) is 0. The van der Waals surface area contributed by atoms with Crippen molar-refractivity contribution in [1.82, 2.24) is 0 Å². The summed E-state index contributed by atoms with van der Waals surface area (Å²) in [5.74, 6) is -0.982. The second-order valence-electron chi connectivity index (χ2n) is 16.4. The van der Waals surface area contributed by atoms with Crippen molar-refractivity contribution in [3.8, 4) is 0 Å². The molecule has 0 radical (unpaired) electrons. The fourth-order valence-electron chi connectivity index (χ4n) is 11.3. The van der Waals surface area contributed by atoms with E-state index in [2.05, 4.69) is 39.5 Å². The van der Waals surface area contributed by atoms with Crippen LogP contribution in [0.1, 0.15) is 113 Å². The third-order valence-electron chi connectivity index (χ3n) is 13.6. The van der Waals surface area contributed by atoms with Crippen molar-refractivity contribution in [2.45, 2.75) is 119 Å². The molecule has 0 bridgehead atoms. The maximum Gasteiger partial charge on any atom is 0.389 e. The van der Waals surface area contributed by atoms with Gasteiger partial charge in [0.15, 0.2) is 5.78 Å². The predicted molar refractivity (Wildman–Crippen MR) is 150 cm³/mol. The lowest BCUT2D eigenvalue weighted by Crippen LogP contribution is -2.69. The van der Waals surface area contributed by atoms with Crippen LogP contribution < -0.4 is 0 Å². The van der Waals surface area contributed by atoms with Crippen LogP contribution in [0.2, 0.25) is 0 Å². The summed E-state index contributed by atoms with van der Waals surface area (Å²) in [6.45, 7) is 22.6. The first kappa shape index (κ1) is 30.5. The Morgan fingerprint density at radius 3 is 2.20 bits per heavy atom. The number of carbonyl (C=O) groups is 3. The maximum atomic E-state index is 14.5. The molecule has 5 rings (SSSR count). The Balaban J connectivity index is 1.59. The number of fused-ring (bicyclic) bond motifs is 7. The normalized spacial score (nSPS) is 44.9. The monoisotopic (exact) mass is 573 g/mol. The van der Waals surface area contributed by atoms with Crippen molar-refractivity contribution in [1.29, 1.82) is 0 Å². The van der Waals surface area contributed by atoms with Gasteiger partial charge in [0.05, 0.1) is 13.0 Å². The van der Waals surface area contributed by atoms with Gasteiger partial charge < -0.3 is 4.79 Å². The molecule has 0 N–H and O–H groups in total. The zero-order valence-electron chi connectivity index (χ0n) is 25.8. The van der Waals surface area contributed by atoms with Gasteiger partial charge in [-0.05, 0) is 84.4 Å². The number of rotatable bonds is 3. The van der Waals surface area contributed by atoms with Crippen molar-refractivity contribution < 1.29 is 27.6 Å². The fourth-order valence-corrected chi connectivity index (χ4v) is 11.3. The van der Waals surface area contributed by atoms with Crippen molar-refractivity contribution in [2.75, 3.05) is 0 Å². The van der Waals surface area contributed by atoms with Crippen LogP contribution in [0.4, 0.5) is 13.2 Å². The highest BCUT2D eigenvalue weighted by molar-refractivity contribution is 6.02. The first-order valence-electron chi connectivity index (χ1n) is 15.5. The van der Waals surface area contributed by atoms with Crippen molar-refractivity contribution >= 4 is 17.3 Å². The minimum atomic E-state index is -4.39. The molecule has 0 aliphatic heterocycles. The largest absolute Gasteiger partial charge is 0.389 e. The van der Waals surface area contributed by atoms with Crippen LogP contribution in [0.15, 0.2) is 11.8 Å². The average molecular weight is 574 g/mol. The molecule has 0 amide bonds. The minimum absolute atomic E-state index is 0.0132. The van der Waals surface area contributed by atoms with Gasteiger partial charge >= 0.3 is 6.18 Å². The zero-order chi connectivity index (χ0) is 30.6. The molecule has 0 aromatic heterocycles. The number of carbonyl (C=O) groups excluding carboxylic acids is 3. The molecular weight excluding hydrogens is 527 g/mol. The maximum absolute atomic E-state index is 14.5. The second-order valence-corrected chi connectivity index (χ2v) is 16.4. The smallest absolute Gasteiger partial charge is 0.307 e. The molecule has 0 saturated heterocycles. The Bertz CT molecular complexity index is 1260. The van der Waals surface area contributed by atoms with Crippen molar-refractivity contribution in [3.63, 3.8) is 0 Å². The van der Waals surface area contributed by atoms with Gasteiger partial charge in [-0.15, -0.1) is 0 Å². The summed E-state index contributed by atoms with van der Waals surface area (Å²) >= 11 is 0. The molecule has 226 valence electrons. The molecule has 4 saturated carbocycles. The molecule has 0 heterocycles. The van der Waals surface area contributed by atoms with Gasteiger partial charge in [-0.25, -0.2) is 4.85 Å². The summed E-state index contributed by atoms with van der Waals surface area (Å²) in [4.78, 5) is 45.2. The van der Waals surface area contributed by atoms with E-state index >= 15 is 0 Å². The van der Waals surface area contributed by atoms with E-state index in [9.17, 15) is 27.6 Å². The number of nitrogens with zero attached hydrogens (tertiary/aromatic N) is 1. The standard InChI is InChI=1S/C34H46F3NO3/c1-28(2)13-15-33(25(40)10-12-34(35,36)37)16-14-32(7)26(20(33)18-28)22(39)17-24-30(5)19-21(38-8)27(41)29(3,4)23(30)9-11-31(24,32)6/h19-20,23-24,26H,9-18H2,1-7H3/t20-,23-,24+,26-,30-,31+,32+,33-/m0/s1. The molecule has 5 aliphatic carbocycles. The molecule has 0 unspecified atom stereocenters. The SMILES string of the molecule is [C-]#[N+]C1=C[C@]2(C)[C@H]3CC(=O)[C@@H]4[C@@H]5CC(C)(C)CC[C@]5(C(=O)CCC(F)(F)F)CC[C@@]4(C)[C@]3(C)CC[C@H]2C(C)(C)C1=O. The third-order valence-corrected chi connectivity index (χ3v) is 13.6. The number of ketones is 3. The number of Topliss-reactive ketones (excluding diaryl/α,β-unsaturated/α-hetero) is 3. The third kappa shape index (κ3) is 4.15. The van der Waals surface area contributed by atoms with Gasteiger partial charge in [0.2, 0.25) is 5.70 Å². The van der Waals surface area contributed by atoms with E-state index in [4.69, 9.17) is 6.57 Å². The first-order chi connectivity index (χ1) is 18.7. The van der Waals surface area contributed by atoms with Gasteiger partial charge in [0, 0.05) is 29.6 Å². The molecule has 0 aromatic rings. The molecule has 5 aliphatic rings. The highest BCUT2D eigenvalue weighted by atomic mass is 19.4. The molecular formula is C34H46F3NO3. The Morgan fingerprint density at radius 2 is 1.59 bits per heavy atom. The highest BCUT2D eigenvalue weighted by Gasteiger charge is 2.72. The van der Waals surface area contributed by atoms with Crippen LogP contribution >= 0.6 is 0 Å². The topological polar surface area (TPSA) is 55.6 Å². The fraction of sp³-hybridized carbons (Fsp3) is 0.824. The number of hydrogen-bond acceptors (Lipinski definition) is 3. The highest BCUT2D eigenvalue weighted by Crippen LogP contribution is 2.76. The van der Waals surface area contributed by atoms with Crippen LogP contribution in [-0.4, -0.2) is 23.5 Å².